The van der Waals surface area contributed by atoms with Crippen LogP contribution in [0.2, 0.25) is 0 Å². The third-order valence-electron chi connectivity index (χ3n) is 2.31. The number of unbranched alkanes of at least 4 members (excludes halogenated alkanes) is 2. The molecule has 0 saturated heterocycles. The lowest BCUT2D eigenvalue weighted by atomic mass is 10.2. The summed E-state index contributed by atoms with van der Waals surface area (Å²) in [5.74, 6) is 0. The van der Waals surface area contributed by atoms with E-state index in [-0.39, 0.29) is 0 Å². The summed E-state index contributed by atoms with van der Waals surface area (Å²) in [6, 6.07) is 0. The van der Waals surface area contributed by atoms with E-state index >= 15 is 0 Å². The average Bonchev–Trinajstić information content (AvgIpc) is 2.16. The van der Waals surface area contributed by atoms with Gasteiger partial charge in [-0.25, -0.2) is 0 Å². The van der Waals surface area contributed by atoms with E-state index in [1.54, 1.807) is 7.11 Å². The zero-order valence-corrected chi connectivity index (χ0v) is 9.51. The number of ether oxygens (including phenoxy) is 1. The van der Waals surface area contributed by atoms with Crippen LogP contribution < -0.4 is 0 Å². The molecule has 0 aliphatic heterocycles. The number of rotatable bonds is 9. The van der Waals surface area contributed by atoms with Crippen LogP contribution in [0.3, 0.4) is 0 Å². The van der Waals surface area contributed by atoms with Crippen LogP contribution in [0.15, 0.2) is 0 Å². The first-order valence-corrected chi connectivity index (χ1v) is 5.56. The molecule has 0 bridgehead atoms. The van der Waals surface area contributed by atoms with Gasteiger partial charge in [0.15, 0.2) is 0 Å². The van der Waals surface area contributed by atoms with Crippen LogP contribution in [0.4, 0.5) is 0 Å². The molecular weight excluding hydrogens is 162 g/mol. The molecule has 0 aliphatic rings. The highest BCUT2D eigenvalue weighted by Gasteiger charge is 1.99. The molecule has 0 aromatic carbocycles. The van der Waals surface area contributed by atoms with E-state index in [0.29, 0.717) is 0 Å². The lowest BCUT2D eigenvalue weighted by Crippen LogP contribution is -2.25. The molecule has 0 amide bonds. The zero-order valence-electron chi connectivity index (χ0n) is 9.51. The monoisotopic (exact) mass is 187 g/mol. The van der Waals surface area contributed by atoms with Gasteiger partial charge in [-0.15, -0.1) is 0 Å². The van der Waals surface area contributed by atoms with Crippen molar-refractivity contribution in [3.05, 3.63) is 0 Å². The maximum atomic E-state index is 5.01. The molecule has 13 heavy (non-hydrogen) atoms. The number of hydrogen-bond acceptors (Lipinski definition) is 2. The summed E-state index contributed by atoms with van der Waals surface area (Å²) in [4.78, 5) is 2.52. The Morgan fingerprint density at radius 2 is 1.77 bits per heavy atom. The fourth-order valence-corrected chi connectivity index (χ4v) is 1.50. The van der Waals surface area contributed by atoms with Gasteiger partial charge in [-0.05, 0) is 45.3 Å². The number of nitrogens with zero attached hydrogens (tertiary/aromatic N) is 1. The van der Waals surface area contributed by atoms with Crippen molar-refractivity contribution < 1.29 is 4.74 Å². The molecule has 0 fully saturated rings. The molecule has 80 valence electrons. The summed E-state index contributed by atoms with van der Waals surface area (Å²) in [6.07, 6.45) is 5.09. The van der Waals surface area contributed by atoms with E-state index in [4.69, 9.17) is 4.74 Å². The molecule has 0 aromatic rings. The topological polar surface area (TPSA) is 12.5 Å². The van der Waals surface area contributed by atoms with Crippen molar-refractivity contribution in [2.24, 2.45) is 0 Å². The minimum Gasteiger partial charge on any atom is -0.385 e. The first kappa shape index (κ1) is 12.9. The predicted octanol–water partition coefficient (Wildman–Crippen LogP) is 2.54. The van der Waals surface area contributed by atoms with Crippen LogP contribution in [0.25, 0.3) is 0 Å². The molecule has 0 N–H and O–H groups in total. The molecule has 0 heterocycles. The first-order valence-electron chi connectivity index (χ1n) is 5.56. The maximum absolute atomic E-state index is 5.01. The minimum atomic E-state index is 0.917. The molecular formula is C11H25NO. The van der Waals surface area contributed by atoms with E-state index in [1.165, 1.54) is 45.3 Å². The molecule has 0 atom stereocenters. The van der Waals surface area contributed by atoms with Gasteiger partial charge in [0.25, 0.3) is 0 Å². The highest BCUT2D eigenvalue weighted by atomic mass is 16.5. The standard InChI is InChI=1S/C11H25NO/c1-4-9-12(5-2)10-7-6-8-11-13-3/h4-11H2,1-3H3. The van der Waals surface area contributed by atoms with Crippen LogP contribution in [-0.2, 0) is 4.74 Å². The van der Waals surface area contributed by atoms with Crippen LogP contribution >= 0.6 is 0 Å². The van der Waals surface area contributed by atoms with Crippen LogP contribution in [-0.4, -0.2) is 38.3 Å². The molecule has 0 radical (unpaired) electrons. The third-order valence-corrected chi connectivity index (χ3v) is 2.31. The Balaban J connectivity index is 3.17. The second kappa shape index (κ2) is 10.0. The van der Waals surface area contributed by atoms with E-state index in [9.17, 15) is 0 Å². The summed E-state index contributed by atoms with van der Waals surface area (Å²) in [7, 11) is 1.77. The van der Waals surface area contributed by atoms with Crippen molar-refractivity contribution in [2.45, 2.75) is 39.5 Å². The van der Waals surface area contributed by atoms with Gasteiger partial charge < -0.3 is 9.64 Å². The minimum absolute atomic E-state index is 0.917. The smallest absolute Gasteiger partial charge is 0.0462 e. The van der Waals surface area contributed by atoms with Gasteiger partial charge in [-0.1, -0.05) is 13.8 Å². The summed E-state index contributed by atoms with van der Waals surface area (Å²) in [6.45, 7) is 9.10. The quantitative estimate of drug-likeness (QED) is 0.514. The Morgan fingerprint density at radius 3 is 2.31 bits per heavy atom. The van der Waals surface area contributed by atoms with E-state index in [0.717, 1.165) is 6.61 Å². The van der Waals surface area contributed by atoms with E-state index < -0.39 is 0 Å². The van der Waals surface area contributed by atoms with Gasteiger partial charge in [-0.2, -0.15) is 0 Å². The molecule has 0 spiro atoms. The molecule has 0 aromatic heterocycles. The van der Waals surface area contributed by atoms with Gasteiger partial charge in [0.05, 0.1) is 0 Å². The lowest BCUT2D eigenvalue weighted by molar-refractivity contribution is 0.189. The molecule has 2 heteroatoms. The Kier molecular flexibility index (Phi) is 9.94. The first-order chi connectivity index (χ1) is 6.35. The molecule has 2 nitrogen and oxygen atoms in total. The second-order valence-corrected chi connectivity index (χ2v) is 3.49. The molecule has 0 rings (SSSR count). The summed E-state index contributed by atoms with van der Waals surface area (Å²) in [5, 5.41) is 0. The Morgan fingerprint density at radius 1 is 1.00 bits per heavy atom. The average molecular weight is 187 g/mol. The molecule has 0 saturated carbocycles. The number of methoxy groups -OCH3 is 1. The molecule has 0 aliphatic carbocycles. The Bertz CT molecular complexity index is 96.1. The zero-order chi connectivity index (χ0) is 9.94. The summed E-state index contributed by atoms with van der Waals surface area (Å²) < 4.78 is 5.01. The second-order valence-electron chi connectivity index (χ2n) is 3.49. The van der Waals surface area contributed by atoms with Crippen molar-refractivity contribution in [1.29, 1.82) is 0 Å². The maximum Gasteiger partial charge on any atom is 0.0462 e. The normalized spacial score (nSPS) is 11.1. The lowest BCUT2D eigenvalue weighted by Gasteiger charge is -2.18. The van der Waals surface area contributed by atoms with Gasteiger partial charge in [-0.3, -0.25) is 0 Å². The largest absolute Gasteiger partial charge is 0.385 e. The Hall–Kier alpha value is -0.0800. The molecule has 0 unspecified atom stereocenters. The van der Waals surface area contributed by atoms with E-state index in [1.807, 2.05) is 0 Å². The fourth-order valence-electron chi connectivity index (χ4n) is 1.50. The van der Waals surface area contributed by atoms with Crippen molar-refractivity contribution in [3.8, 4) is 0 Å². The highest BCUT2D eigenvalue weighted by Crippen LogP contribution is 1.99. The van der Waals surface area contributed by atoms with Gasteiger partial charge >= 0.3 is 0 Å². The summed E-state index contributed by atoms with van der Waals surface area (Å²) >= 11 is 0. The van der Waals surface area contributed by atoms with E-state index in [2.05, 4.69) is 18.7 Å². The van der Waals surface area contributed by atoms with Crippen molar-refractivity contribution >= 4 is 0 Å². The summed E-state index contributed by atoms with van der Waals surface area (Å²) in [5.41, 5.74) is 0. The SMILES string of the molecule is CCCN(CC)CCCCCOC. The Labute approximate surface area is 83.3 Å². The fraction of sp³-hybridized carbons (Fsp3) is 1.00. The van der Waals surface area contributed by atoms with Crippen molar-refractivity contribution in [3.63, 3.8) is 0 Å². The predicted molar refractivity (Wildman–Crippen MR) is 58.1 cm³/mol. The highest BCUT2D eigenvalue weighted by molar-refractivity contribution is 4.54. The van der Waals surface area contributed by atoms with Crippen molar-refractivity contribution in [2.75, 3.05) is 33.4 Å². The van der Waals surface area contributed by atoms with Crippen molar-refractivity contribution in [1.82, 2.24) is 4.90 Å². The van der Waals surface area contributed by atoms with Gasteiger partial charge in [0.2, 0.25) is 0 Å². The van der Waals surface area contributed by atoms with Crippen LogP contribution in [0.1, 0.15) is 39.5 Å². The van der Waals surface area contributed by atoms with Crippen LogP contribution in [0.5, 0.6) is 0 Å². The van der Waals surface area contributed by atoms with Gasteiger partial charge in [0, 0.05) is 13.7 Å². The van der Waals surface area contributed by atoms with Crippen LogP contribution in [0, 0.1) is 0 Å². The number of hydrogen-bond donors (Lipinski definition) is 0. The van der Waals surface area contributed by atoms with Gasteiger partial charge in [0.1, 0.15) is 0 Å². The third kappa shape index (κ3) is 8.26.